The lowest BCUT2D eigenvalue weighted by molar-refractivity contribution is 0.0242. The van der Waals surface area contributed by atoms with E-state index in [-0.39, 0.29) is 11.4 Å². The number of rotatable bonds is 3. The highest BCUT2D eigenvalue weighted by Crippen LogP contribution is 2.35. The molecule has 29 heavy (non-hydrogen) atoms. The summed E-state index contributed by atoms with van der Waals surface area (Å²) in [5.74, 6) is 0. The molecule has 154 valence electrons. The first-order valence-corrected chi connectivity index (χ1v) is 10.4. The number of urea groups is 1. The molecule has 2 saturated heterocycles. The van der Waals surface area contributed by atoms with Gasteiger partial charge in [0.25, 0.3) is 0 Å². The van der Waals surface area contributed by atoms with Crippen LogP contribution in [0, 0.1) is 12.3 Å². The number of aryl methyl sites for hydroxylation is 1. The lowest BCUT2D eigenvalue weighted by Gasteiger charge is -2.42. The Morgan fingerprint density at radius 3 is 2.83 bits per heavy atom. The smallest absolute Gasteiger partial charge is 0.321 e. The largest absolute Gasteiger partial charge is 0.379 e. The third kappa shape index (κ3) is 5.14. The standard InChI is InChI=1S/C23H30N4O2/c1-19-4-2-6-21(14-19)25-22(28)27-10-7-23(8-11-27)17-26(12-13-29-18-23)16-20-5-3-9-24-15-20/h2-6,9,14-15H,7-8,10-13,16-18H2,1H3,(H,25,28). The number of piperidine rings is 1. The molecule has 0 radical (unpaired) electrons. The van der Waals surface area contributed by atoms with E-state index >= 15 is 0 Å². The second kappa shape index (κ2) is 8.93. The van der Waals surface area contributed by atoms with E-state index in [1.54, 1.807) is 0 Å². The van der Waals surface area contributed by atoms with Gasteiger partial charge in [0.05, 0.1) is 13.2 Å². The minimum atomic E-state index is -0.00722. The first-order valence-electron chi connectivity index (χ1n) is 10.4. The molecular formula is C23H30N4O2. The zero-order valence-electron chi connectivity index (χ0n) is 17.1. The monoisotopic (exact) mass is 394 g/mol. The van der Waals surface area contributed by atoms with Crippen molar-refractivity contribution in [3.63, 3.8) is 0 Å². The molecule has 0 saturated carbocycles. The molecule has 1 aromatic carbocycles. The van der Waals surface area contributed by atoms with Crippen LogP contribution in [0.4, 0.5) is 10.5 Å². The van der Waals surface area contributed by atoms with Gasteiger partial charge in [-0.3, -0.25) is 9.88 Å². The summed E-state index contributed by atoms with van der Waals surface area (Å²) < 4.78 is 5.98. The van der Waals surface area contributed by atoms with E-state index in [0.29, 0.717) is 0 Å². The van der Waals surface area contributed by atoms with Gasteiger partial charge in [-0.05, 0) is 49.1 Å². The maximum absolute atomic E-state index is 12.7. The summed E-state index contributed by atoms with van der Waals surface area (Å²) in [6.07, 6.45) is 5.69. The molecule has 2 fully saturated rings. The Hall–Kier alpha value is -2.44. The Bertz CT molecular complexity index is 819. The van der Waals surface area contributed by atoms with Crippen LogP contribution in [-0.4, -0.2) is 60.2 Å². The van der Waals surface area contributed by atoms with Crippen molar-refractivity contribution in [2.45, 2.75) is 26.3 Å². The van der Waals surface area contributed by atoms with Crippen molar-refractivity contribution in [3.8, 4) is 0 Å². The fourth-order valence-corrected chi connectivity index (χ4v) is 4.38. The van der Waals surface area contributed by atoms with Crippen molar-refractivity contribution in [3.05, 3.63) is 59.9 Å². The average molecular weight is 395 g/mol. The molecule has 6 heteroatoms. The zero-order chi connectivity index (χ0) is 20.1. The van der Waals surface area contributed by atoms with Crippen LogP contribution in [0.5, 0.6) is 0 Å². The van der Waals surface area contributed by atoms with Crippen LogP contribution in [-0.2, 0) is 11.3 Å². The van der Waals surface area contributed by atoms with Gasteiger partial charge in [0.1, 0.15) is 0 Å². The summed E-state index contributed by atoms with van der Waals surface area (Å²) in [6, 6.07) is 12.0. The van der Waals surface area contributed by atoms with Crippen molar-refractivity contribution in [2.24, 2.45) is 5.41 Å². The predicted octanol–water partition coefficient (Wildman–Crippen LogP) is 3.54. The second-order valence-electron chi connectivity index (χ2n) is 8.41. The molecule has 1 N–H and O–H groups in total. The Morgan fingerprint density at radius 1 is 1.21 bits per heavy atom. The summed E-state index contributed by atoms with van der Waals surface area (Å²) in [4.78, 5) is 21.3. The van der Waals surface area contributed by atoms with Gasteiger partial charge in [-0.1, -0.05) is 18.2 Å². The number of anilines is 1. The minimum absolute atomic E-state index is 0.00722. The lowest BCUT2D eigenvalue weighted by atomic mass is 9.78. The number of amides is 2. The van der Waals surface area contributed by atoms with E-state index in [9.17, 15) is 4.79 Å². The quantitative estimate of drug-likeness (QED) is 0.865. The molecule has 0 atom stereocenters. The fraction of sp³-hybridized carbons (Fsp3) is 0.478. The SMILES string of the molecule is Cc1cccc(NC(=O)N2CCC3(CC2)COCCN(Cc2cccnc2)C3)c1. The molecule has 0 aliphatic carbocycles. The summed E-state index contributed by atoms with van der Waals surface area (Å²) in [7, 11) is 0. The van der Waals surface area contributed by atoms with Crippen LogP contribution in [0.1, 0.15) is 24.0 Å². The van der Waals surface area contributed by atoms with Crippen molar-refractivity contribution in [2.75, 3.05) is 44.7 Å². The van der Waals surface area contributed by atoms with Crippen LogP contribution >= 0.6 is 0 Å². The van der Waals surface area contributed by atoms with Gasteiger partial charge in [-0.15, -0.1) is 0 Å². The molecule has 4 rings (SSSR count). The van der Waals surface area contributed by atoms with E-state index in [0.717, 1.165) is 70.0 Å². The highest BCUT2D eigenvalue weighted by Gasteiger charge is 2.39. The van der Waals surface area contributed by atoms with Crippen LogP contribution in [0.15, 0.2) is 48.8 Å². The minimum Gasteiger partial charge on any atom is -0.379 e. The number of aromatic nitrogens is 1. The van der Waals surface area contributed by atoms with Gasteiger partial charge in [0.2, 0.25) is 0 Å². The maximum Gasteiger partial charge on any atom is 0.321 e. The summed E-state index contributed by atoms with van der Waals surface area (Å²) in [6.45, 7) is 7.95. The van der Waals surface area contributed by atoms with Crippen LogP contribution in [0.25, 0.3) is 0 Å². The number of carbonyl (C=O) groups excluding carboxylic acids is 1. The number of nitrogens with one attached hydrogen (secondary N) is 1. The number of likely N-dealkylation sites (tertiary alicyclic amines) is 1. The average Bonchev–Trinajstić information content (AvgIpc) is 2.91. The Balaban J connectivity index is 1.34. The second-order valence-corrected chi connectivity index (χ2v) is 8.41. The number of hydrogen-bond donors (Lipinski definition) is 1. The van der Waals surface area contributed by atoms with Crippen molar-refractivity contribution < 1.29 is 9.53 Å². The normalized spacial score (nSPS) is 19.7. The highest BCUT2D eigenvalue weighted by molar-refractivity contribution is 5.89. The number of benzene rings is 1. The highest BCUT2D eigenvalue weighted by atomic mass is 16.5. The molecule has 2 aliphatic heterocycles. The van der Waals surface area contributed by atoms with E-state index in [2.05, 4.69) is 21.3 Å². The molecule has 6 nitrogen and oxygen atoms in total. The van der Waals surface area contributed by atoms with Crippen LogP contribution in [0.3, 0.4) is 0 Å². The third-order valence-electron chi connectivity index (χ3n) is 6.03. The van der Waals surface area contributed by atoms with E-state index < -0.39 is 0 Å². The van der Waals surface area contributed by atoms with Gasteiger partial charge < -0.3 is 15.0 Å². The molecular weight excluding hydrogens is 364 g/mol. The maximum atomic E-state index is 12.7. The summed E-state index contributed by atoms with van der Waals surface area (Å²) in [5, 5.41) is 3.04. The Morgan fingerprint density at radius 2 is 2.07 bits per heavy atom. The third-order valence-corrected chi connectivity index (χ3v) is 6.03. The van der Waals surface area contributed by atoms with Crippen LogP contribution < -0.4 is 5.32 Å². The fourth-order valence-electron chi connectivity index (χ4n) is 4.38. The van der Waals surface area contributed by atoms with Gasteiger partial charge in [0, 0.05) is 56.2 Å². The molecule has 2 aliphatic rings. The molecule has 3 heterocycles. The number of carbonyl (C=O) groups is 1. The first kappa shape index (κ1) is 19.9. The van der Waals surface area contributed by atoms with Gasteiger partial charge in [-0.25, -0.2) is 4.79 Å². The van der Waals surface area contributed by atoms with Gasteiger partial charge >= 0.3 is 6.03 Å². The first-order chi connectivity index (χ1) is 14.1. The lowest BCUT2D eigenvalue weighted by Crippen LogP contribution is -2.49. The van der Waals surface area contributed by atoms with Crippen molar-refractivity contribution >= 4 is 11.7 Å². The molecule has 2 aromatic rings. The van der Waals surface area contributed by atoms with Gasteiger partial charge in [0.15, 0.2) is 0 Å². The molecule has 2 amide bonds. The van der Waals surface area contributed by atoms with Crippen LogP contribution in [0.2, 0.25) is 0 Å². The topological polar surface area (TPSA) is 57.7 Å². The number of ether oxygens (including phenoxy) is 1. The molecule has 1 spiro atoms. The van der Waals surface area contributed by atoms with E-state index in [1.165, 1.54) is 5.56 Å². The summed E-state index contributed by atoms with van der Waals surface area (Å²) >= 11 is 0. The summed E-state index contributed by atoms with van der Waals surface area (Å²) in [5.41, 5.74) is 3.36. The molecule has 1 aromatic heterocycles. The number of hydrogen-bond acceptors (Lipinski definition) is 4. The van der Waals surface area contributed by atoms with E-state index in [1.807, 2.05) is 54.5 Å². The Kier molecular flexibility index (Phi) is 6.11. The van der Waals surface area contributed by atoms with Crippen molar-refractivity contribution in [1.82, 2.24) is 14.8 Å². The number of pyridine rings is 1. The van der Waals surface area contributed by atoms with Crippen molar-refractivity contribution in [1.29, 1.82) is 0 Å². The number of nitrogens with zero attached hydrogens (tertiary/aromatic N) is 3. The predicted molar refractivity (Wildman–Crippen MR) is 114 cm³/mol. The Labute approximate surface area is 172 Å². The zero-order valence-corrected chi connectivity index (χ0v) is 17.1. The van der Waals surface area contributed by atoms with Gasteiger partial charge in [-0.2, -0.15) is 0 Å². The van der Waals surface area contributed by atoms with E-state index in [4.69, 9.17) is 4.74 Å². The molecule has 0 bridgehead atoms. The molecule has 0 unspecified atom stereocenters.